The molecule has 0 bridgehead atoms. The zero-order valence-corrected chi connectivity index (χ0v) is 12.3. The first-order valence-electron chi connectivity index (χ1n) is 6.93. The van der Waals surface area contributed by atoms with E-state index in [1.165, 1.54) is 44.7 Å². The van der Waals surface area contributed by atoms with Gasteiger partial charge in [-0.15, -0.1) is 7.92 Å². The van der Waals surface area contributed by atoms with E-state index in [-0.39, 0.29) is 0 Å². The summed E-state index contributed by atoms with van der Waals surface area (Å²) in [5.41, 5.74) is 0. The van der Waals surface area contributed by atoms with Gasteiger partial charge in [-0.2, -0.15) is 0 Å². The molecule has 0 aliphatic heterocycles. The zero-order chi connectivity index (χ0) is 11.5. The van der Waals surface area contributed by atoms with Gasteiger partial charge in [0.05, 0.1) is 0 Å². The first kappa shape index (κ1) is 15.4. The van der Waals surface area contributed by atoms with Gasteiger partial charge in [-0.25, -0.2) is 0 Å². The van der Waals surface area contributed by atoms with E-state index in [4.69, 9.17) is 0 Å². The third-order valence-electron chi connectivity index (χ3n) is 2.78. The van der Waals surface area contributed by atoms with E-state index in [0.29, 0.717) is 7.92 Å². The highest BCUT2D eigenvalue weighted by Crippen LogP contribution is 2.39. The molecule has 0 saturated heterocycles. The first-order chi connectivity index (χ1) is 7.20. The molecule has 0 saturated carbocycles. The van der Waals surface area contributed by atoms with Crippen LogP contribution in [0.5, 0.6) is 0 Å². The molecule has 0 aromatic carbocycles. The Morgan fingerprint density at radius 1 is 0.800 bits per heavy atom. The number of unbranched alkanes of at least 4 members (excludes halogenated alkanes) is 4. The summed E-state index contributed by atoms with van der Waals surface area (Å²) in [6.07, 6.45) is 13.2. The zero-order valence-electron chi connectivity index (χ0n) is 11.4. The quantitative estimate of drug-likeness (QED) is 0.343. The maximum Gasteiger partial charge on any atom is -0.0303 e. The van der Waals surface area contributed by atoms with Gasteiger partial charge < -0.3 is 0 Å². The SMILES string of the molecule is CCCCCP(CCCCC)CC(C)C. The Balaban J connectivity index is 3.63. The van der Waals surface area contributed by atoms with Crippen LogP contribution in [0.15, 0.2) is 0 Å². The molecule has 0 rings (SSSR count). The van der Waals surface area contributed by atoms with Gasteiger partial charge in [0.25, 0.3) is 0 Å². The van der Waals surface area contributed by atoms with Crippen LogP contribution in [0.1, 0.15) is 66.2 Å². The highest BCUT2D eigenvalue weighted by molar-refractivity contribution is 7.57. The highest BCUT2D eigenvalue weighted by Gasteiger charge is 2.09. The van der Waals surface area contributed by atoms with Crippen LogP contribution in [0.25, 0.3) is 0 Å². The van der Waals surface area contributed by atoms with Gasteiger partial charge in [0.15, 0.2) is 0 Å². The minimum absolute atomic E-state index is 0.377. The predicted molar refractivity (Wildman–Crippen MR) is 75.4 cm³/mol. The number of rotatable bonds is 10. The molecular weight excluding hydrogens is 199 g/mol. The molecule has 15 heavy (non-hydrogen) atoms. The lowest BCUT2D eigenvalue weighted by Gasteiger charge is -2.19. The number of hydrogen-bond acceptors (Lipinski definition) is 0. The normalized spacial score (nSPS) is 11.6. The van der Waals surface area contributed by atoms with Crippen molar-refractivity contribution in [2.75, 3.05) is 18.5 Å². The smallest absolute Gasteiger partial charge is 0.0303 e. The van der Waals surface area contributed by atoms with E-state index in [1.54, 1.807) is 12.3 Å². The van der Waals surface area contributed by atoms with Crippen LogP contribution in [0.2, 0.25) is 0 Å². The minimum Gasteiger partial charge on any atom is -0.106 e. The van der Waals surface area contributed by atoms with Gasteiger partial charge in [0.2, 0.25) is 0 Å². The molecule has 0 spiro atoms. The molecule has 0 N–H and O–H groups in total. The molecule has 0 amide bonds. The molecule has 0 aliphatic rings. The van der Waals surface area contributed by atoms with Crippen LogP contribution in [0, 0.1) is 5.92 Å². The molecule has 92 valence electrons. The van der Waals surface area contributed by atoms with Crippen molar-refractivity contribution in [2.24, 2.45) is 5.92 Å². The lowest BCUT2D eigenvalue weighted by Crippen LogP contribution is -2.01. The summed E-state index contributed by atoms with van der Waals surface area (Å²) in [5.74, 6) is 0.916. The van der Waals surface area contributed by atoms with Crippen molar-refractivity contribution in [3.05, 3.63) is 0 Å². The highest BCUT2D eigenvalue weighted by atomic mass is 31.1. The van der Waals surface area contributed by atoms with Crippen LogP contribution >= 0.6 is 7.92 Å². The van der Waals surface area contributed by atoms with Crippen LogP contribution in [0.3, 0.4) is 0 Å². The third-order valence-corrected chi connectivity index (χ3v) is 5.92. The Morgan fingerprint density at radius 3 is 1.60 bits per heavy atom. The molecule has 0 atom stereocenters. The standard InChI is InChI=1S/C14H31P/c1-5-7-9-11-15(13-14(3)4)12-10-8-6-2/h14H,5-13H2,1-4H3. The van der Waals surface area contributed by atoms with E-state index >= 15 is 0 Å². The summed E-state index contributed by atoms with van der Waals surface area (Å²) < 4.78 is 0. The van der Waals surface area contributed by atoms with Crippen molar-refractivity contribution in [2.45, 2.75) is 66.2 Å². The molecule has 0 radical (unpaired) electrons. The first-order valence-corrected chi connectivity index (χ1v) is 8.82. The average Bonchev–Trinajstić information content (AvgIpc) is 2.17. The monoisotopic (exact) mass is 230 g/mol. The van der Waals surface area contributed by atoms with Gasteiger partial charge in [-0.1, -0.05) is 53.4 Å². The second-order valence-corrected chi connectivity index (χ2v) is 7.71. The lowest BCUT2D eigenvalue weighted by molar-refractivity contribution is 0.726. The predicted octanol–water partition coefficient (Wildman–Crippen LogP) is 5.50. The van der Waals surface area contributed by atoms with Gasteiger partial charge >= 0.3 is 0 Å². The van der Waals surface area contributed by atoms with Crippen LogP contribution in [-0.2, 0) is 0 Å². The van der Waals surface area contributed by atoms with Gasteiger partial charge in [-0.3, -0.25) is 0 Å². The van der Waals surface area contributed by atoms with Crippen molar-refractivity contribution in [3.8, 4) is 0 Å². The molecule has 0 unspecified atom stereocenters. The number of hydrogen-bond donors (Lipinski definition) is 0. The molecular formula is C14H31P. The third kappa shape index (κ3) is 10.7. The second kappa shape index (κ2) is 10.9. The van der Waals surface area contributed by atoms with Gasteiger partial charge in [0.1, 0.15) is 0 Å². The van der Waals surface area contributed by atoms with Crippen molar-refractivity contribution in [1.82, 2.24) is 0 Å². The minimum atomic E-state index is 0.377. The summed E-state index contributed by atoms with van der Waals surface area (Å²) in [4.78, 5) is 0. The summed E-state index contributed by atoms with van der Waals surface area (Å²) in [6, 6.07) is 0. The maximum atomic E-state index is 2.38. The van der Waals surface area contributed by atoms with Crippen LogP contribution in [-0.4, -0.2) is 18.5 Å². The van der Waals surface area contributed by atoms with Crippen molar-refractivity contribution >= 4 is 7.92 Å². The lowest BCUT2D eigenvalue weighted by atomic mass is 10.3. The Morgan fingerprint density at radius 2 is 1.27 bits per heavy atom. The van der Waals surface area contributed by atoms with Gasteiger partial charge in [-0.05, 0) is 37.2 Å². The molecule has 1 heteroatoms. The van der Waals surface area contributed by atoms with E-state index in [2.05, 4.69) is 27.7 Å². The summed E-state index contributed by atoms with van der Waals surface area (Å²) in [6.45, 7) is 9.38. The largest absolute Gasteiger partial charge is 0.106 e. The van der Waals surface area contributed by atoms with Gasteiger partial charge in [0, 0.05) is 0 Å². The molecule has 0 fully saturated rings. The van der Waals surface area contributed by atoms with E-state index in [0.717, 1.165) is 5.92 Å². The fourth-order valence-corrected chi connectivity index (χ4v) is 4.94. The summed E-state index contributed by atoms with van der Waals surface area (Å²) >= 11 is 0. The van der Waals surface area contributed by atoms with Crippen molar-refractivity contribution in [1.29, 1.82) is 0 Å². The summed E-state index contributed by atoms with van der Waals surface area (Å²) in [7, 11) is 0.377. The van der Waals surface area contributed by atoms with Crippen LogP contribution < -0.4 is 0 Å². The Hall–Kier alpha value is 0.430. The average molecular weight is 230 g/mol. The fraction of sp³-hybridized carbons (Fsp3) is 1.00. The Labute approximate surface area is 99.0 Å². The topological polar surface area (TPSA) is 0 Å². The van der Waals surface area contributed by atoms with E-state index in [9.17, 15) is 0 Å². The van der Waals surface area contributed by atoms with Crippen molar-refractivity contribution in [3.63, 3.8) is 0 Å². The summed E-state index contributed by atoms with van der Waals surface area (Å²) in [5, 5.41) is 0. The molecule has 0 nitrogen and oxygen atoms in total. The van der Waals surface area contributed by atoms with Crippen molar-refractivity contribution < 1.29 is 0 Å². The Bertz CT molecular complexity index is 111. The fourth-order valence-electron chi connectivity index (χ4n) is 1.98. The Kier molecular flexibility index (Phi) is 11.2. The van der Waals surface area contributed by atoms with Crippen LogP contribution in [0.4, 0.5) is 0 Å². The second-order valence-electron chi connectivity index (χ2n) is 5.11. The molecule has 0 aromatic heterocycles. The molecule has 0 heterocycles. The van der Waals surface area contributed by atoms with E-state index < -0.39 is 0 Å². The van der Waals surface area contributed by atoms with E-state index in [1.807, 2.05) is 0 Å². The maximum absolute atomic E-state index is 2.38. The molecule has 0 aromatic rings. The molecule has 0 aliphatic carbocycles.